The quantitative estimate of drug-likeness (QED) is 0.203. The van der Waals surface area contributed by atoms with Gasteiger partial charge in [-0.1, -0.05) is 60.1 Å². The van der Waals surface area contributed by atoms with Gasteiger partial charge in [0.05, 0.1) is 10.6 Å². The van der Waals surface area contributed by atoms with Crippen LogP contribution in [0.1, 0.15) is 31.8 Å². The van der Waals surface area contributed by atoms with Crippen LogP contribution in [0.5, 0.6) is 0 Å². The molecule has 0 atom stereocenters. The number of rotatable bonds is 7. The highest BCUT2D eigenvalue weighted by molar-refractivity contribution is 6.34. The second kappa shape index (κ2) is 10.6. The number of aromatic nitrogens is 1. The fraction of sp³-hybridized carbons (Fsp3) is 0.0333. The summed E-state index contributed by atoms with van der Waals surface area (Å²) in [7, 11) is 0. The van der Waals surface area contributed by atoms with Crippen LogP contribution >= 0.6 is 11.6 Å². The van der Waals surface area contributed by atoms with Gasteiger partial charge in [0.2, 0.25) is 0 Å². The zero-order valence-corrected chi connectivity index (χ0v) is 20.8. The summed E-state index contributed by atoms with van der Waals surface area (Å²) in [4.78, 5) is 40.6. The molecule has 4 aromatic carbocycles. The molecule has 0 saturated heterocycles. The average molecular weight is 524 g/mol. The largest absolute Gasteiger partial charge is 0.477 e. The maximum Gasteiger partial charge on any atom is 0.352 e. The lowest BCUT2D eigenvalue weighted by Gasteiger charge is -2.10. The molecule has 0 aliphatic carbocycles. The standard InChI is InChI=1S/C30H22ClN3O4/c31-25-16-21(28(35)33-17-22-6-3-7-26-23(22)12-13-32-26)10-11-24(25)29(36)34-27(30(37)38)15-18-8-9-19-4-1-2-5-20(19)14-18/h1-16,32H,17H2,(H,33,35)(H,34,36)(H,37,38). The first-order chi connectivity index (χ1) is 18.4. The van der Waals surface area contributed by atoms with Gasteiger partial charge in [0, 0.05) is 29.2 Å². The van der Waals surface area contributed by atoms with Crippen molar-refractivity contribution < 1.29 is 19.5 Å². The van der Waals surface area contributed by atoms with Crippen LogP contribution in [0, 0.1) is 0 Å². The van der Waals surface area contributed by atoms with Gasteiger partial charge in [0.1, 0.15) is 5.70 Å². The van der Waals surface area contributed by atoms with Gasteiger partial charge < -0.3 is 20.7 Å². The van der Waals surface area contributed by atoms with Gasteiger partial charge >= 0.3 is 5.97 Å². The normalized spacial score (nSPS) is 11.4. The maximum atomic E-state index is 12.9. The molecule has 7 nitrogen and oxygen atoms in total. The van der Waals surface area contributed by atoms with Gasteiger partial charge in [-0.2, -0.15) is 0 Å². The Morgan fingerprint density at radius 3 is 2.47 bits per heavy atom. The number of aliphatic carboxylic acids is 1. The molecule has 0 fully saturated rings. The van der Waals surface area contributed by atoms with Crippen LogP contribution in [-0.2, 0) is 11.3 Å². The highest BCUT2D eigenvalue weighted by Crippen LogP contribution is 2.21. The van der Waals surface area contributed by atoms with Crippen LogP contribution in [0.3, 0.4) is 0 Å². The van der Waals surface area contributed by atoms with Crippen molar-refractivity contribution in [3.8, 4) is 0 Å². The second-order valence-electron chi connectivity index (χ2n) is 8.66. The number of hydrogen-bond donors (Lipinski definition) is 4. The zero-order valence-electron chi connectivity index (χ0n) is 20.0. The molecular formula is C30H22ClN3O4. The maximum absolute atomic E-state index is 12.9. The number of H-pyrrole nitrogens is 1. The highest BCUT2D eigenvalue weighted by Gasteiger charge is 2.18. The monoisotopic (exact) mass is 523 g/mol. The lowest BCUT2D eigenvalue weighted by molar-refractivity contribution is -0.132. The smallest absolute Gasteiger partial charge is 0.352 e. The van der Waals surface area contributed by atoms with Crippen LogP contribution in [0.2, 0.25) is 5.02 Å². The summed E-state index contributed by atoms with van der Waals surface area (Å²) in [5.74, 6) is -2.35. The number of benzene rings is 4. The first-order valence-electron chi connectivity index (χ1n) is 11.8. The minimum Gasteiger partial charge on any atom is -0.477 e. The lowest BCUT2D eigenvalue weighted by Crippen LogP contribution is -2.28. The van der Waals surface area contributed by atoms with E-state index in [-0.39, 0.29) is 27.8 Å². The van der Waals surface area contributed by atoms with Crippen molar-refractivity contribution in [2.24, 2.45) is 0 Å². The molecule has 0 radical (unpaired) electrons. The van der Waals surface area contributed by atoms with Gasteiger partial charge in [-0.15, -0.1) is 0 Å². The highest BCUT2D eigenvalue weighted by atomic mass is 35.5. The summed E-state index contributed by atoms with van der Waals surface area (Å²) in [6, 6.07) is 25.2. The van der Waals surface area contributed by atoms with E-state index in [9.17, 15) is 19.5 Å². The van der Waals surface area contributed by atoms with Crippen molar-refractivity contribution in [2.45, 2.75) is 6.54 Å². The number of halogens is 1. The van der Waals surface area contributed by atoms with Crippen LogP contribution in [0.15, 0.2) is 96.8 Å². The average Bonchev–Trinajstić information content (AvgIpc) is 3.40. The van der Waals surface area contributed by atoms with Gasteiger partial charge in [0.15, 0.2) is 0 Å². The van der Waals surface area contributed by atoms with Crippen molar-refractivity contribution in [3.63, 3.8) is 0 Å². The van der Waals surface area contributed by atoms with Crippen molar-refractivity contribution in [3.05, 3.63) is 124 Å². The summed E-state index contributed by atoms with van der Waals surface area (Å²) in [5, 5.41) is 17.9. The topological polar surface area (TPSA) is 111 Å². The minimum atomic E-state index is -1.30. The molecule has 188 valence electrons. The molecule has 38 heavy (non-hydrogen) atoms. The number of carbonyl (C=O) groups is 3. The number of carboxylic acid groups (broad SMARTS) is 1. The van der Waals surface area contributed by atoms with Crippen molar-refractivity contribution in [2.75, 3.05) is 0 Å². The molecule has 2 amide bonds. The fourth-order valence-corrected chi connectivity index (χ4v) is 4.49. The third-order valence-electron chi connectivity index (χ3n) is 6.16. The summed E-state index contributed by atoms with van der Waals surface area (Å²) in [6.45, 7) is 0.315. The van der Waals surface area contributed by atoms with E-state index < -0.39 is 11.9 Å². The number of carbonyl (C=O) groups excluding carboxylic acids is 2. The van der Waals surface area contributed by atoms with Crippen LogP contribution in [0.4, 0.5) is 0 Å². The molecule has 4 N–H and O–H groups in total. The van der Waals surface area contributed by atoms with Crippen molar-refractivity contribution in [1.29, 1.82) is 0 Å². The molecule has 0 spiro atoms. The fourth-order valence-electron chi connectivity index (χ4n) is 4.23. The number of hydrogen-bond acceptors (Lipinski definition) is 3. The lowest BCUT2D eigenvalue weighted by atomic mass is 10.1. The molecule has 0 bridgehead atoms. The number of carboxylic acids is 1. The Balaban J connectivity index is 1.29. The van der Waals surface area contributed by atoms with E-state index in [2.05, 4.69) is 15.6 Å². The molecule has 1 aromatic heterocycles. The number of amides is 2. The predicted octanol–water partition coefficient (Wildman–Crippen LogP) is 5.76. The molecular weight excluding hydrogens is 502 g/mol. The van der Waals surface area contributed by atoms with Crippen LogP contribution < -0.4 is 10.6 Å². The Morgan fingerprint density at radius 1 is 0.868 bits per heavy atom. The molecule has 0 saturated carbocycles. The third kappa shape index (κ3) is 5.28. The predicted molar refractivity (Wildman–Crippen MR) is 148 cm³/mol. The first kappa shape index (κ1) is 24.8. The van der Waals surface area contributed by atoms with E-state index in [1.165, 1.54) is 24.3 Å². The van der Waals surface area contributed by atoms with Crippen molar-refractivity contribution >= 4 is 57.1 Å². The zero-order chi connectivity index (χ0) is 26.6. The van der Waals surface area contributed by atoms with E-state index in [1.807, 2.05) is 66.9 Å². The Hall–Kier alpha value is -4.88. The van der Waals surface area contributed by atoms with Crippen LogP contribution in [-0.4, -0.2) is 27.9 Å². The molecule has 8 heteroatoms. The summed E-state index contributed by atoms with van der Waals surface area (Å²) >= 11 is 6.33. The van der Waals surface area contributed by atoms with E-state index in [4.69, 9.17) is 11.6 Å². The van der Waals surface area contributed by atoms with Crippen LogP contribution in [0.25, 0.3) is 27.8 Å². The van der Waals surface area contributed by atoms with E-state index in [0.717, 1.165) is 27.2 Å². The van der Waals surface area contributed by atoms with Crippen molar-refractivity contribution in [1.82, 2.24) is 15.6 Å². The van der Waals surface area contributed by atoms with Gasteiger partial charge in [-0.05, 0) is 64.4 Å². The third-order valence-corrected chi connectivity index (χ3v) is 6.48. The second-order valence-corrected chi connectivity index (χ2v) is 9.06. The van der Waals surface area contributed by atoms with E-state index in [1.54, 1.807) is 6.07 Å². The molecule has 0 aliphatic heterocycles. The Bertz CT molecular complexity index is 1740. The summed E-state index contributed by atoms with van der Waals surface area (Å²) in [5.41, 5.74) is 2.57. The summed E-state index contributed by atoms with van der Waals surface area (Å²) < 4.78 is 0. The minimum absolute atomic E-state index is 0.0262. The molecule has 5 aromatic rings. The molecule has 1 heterocycles. The summed E-state index contributed by atoms with van der Waals surface area (Å²) in [6.07, 6.45) is 3.22. The van der Waals surface area contributed by atoms with E-state index in [0.29, 0.717) is 12.1 Å². The first-order valence-corrected chi connectivity index (χ1v) is 12.1. The van der Waals surface area contributed by atoms with Gasteiger partial charge in [-0.25, -0.2) is 4.79 Å². The number of fused-ring (bicyclic) bond motifs is 2. The Labute approximate surface area is 222 Å². The van der Waals surface area contributed by atoms with E-state index >= 15 is 0 Å². The van der Waals surface area contributed by atoms with Gasteiger partial charge in [0.25, 0.3) is 11.8 Å². The molecule has 5 rings (SSSR count). The van der Waals surface area contributed by atoms with Gasteiger partial charge in [-0.3, -0.25) is 9.59 Å². The SMILES string of the molecule is O=C(O)C(=Cc1ccc2ccccc2c1)NC(=O)c1ccc(C(=O)NCc2cccc3[nH]ccc23)cc1Cl. The Kier molecular flexibility index (Phi) is 6.93. The molecule has 0 aliphatic rings. The number of nitrogens with one attached hydrogen (secondary N) is 3. The molecule has 0 unspecified atom stereocenters. The Morgan fingerprint density at radius 2 is 1.68 bits per heavy atom. The number of aromatic amines is 1.